The number of aryl methyl sites for hydroxylation is 1. The van der Waals surface area contributed by atoms with Gasteiger partial charge in [0.1, 0.15) is 5.75 Å². The number of carbonyl (C=O) groups is 2. The number of hydrogen-bond donors (Lipinski definition) is 2. The third-order valence-electron chi connectivity index (χ3n) is 3.49. The summed E-state index contributed by atoms with van der Waals surface area (Å²) in [5.41, 5.74) is 2.15. The van der Waals surface area contributed by atoms with E-state index in [4.69, 9.17) is 9.47 Å². The van der Waals surface area contributed by atoms with E-state index in [0.717, 1.165) is 5.56 Å². The molecule has 0 aliphatic heterocycles. The fourth-order valence-electron chi connectivity index (χ4n) is 2.33. The molecule has 0 fully saturated rings. The molecule has 0 saturated heterocycles. The number of carboxylic acid groups (broad SMARTS) is 1. The smallest absolute Gasteiger partial charge is 0.335 e. The van der Waals surface area contributed by atoms with Crippen LogP contribution in [-0.2, 0) is 16.1 Å². The van der Waals surface area contributed by atoms with Crippen LogP contribution in [0, 0.1) is 6.92 Å². The quantitative estimate of drug-likeness (QED) is 0.806. The Morgan fingerprint density at radius 2 is 1.96 bits per heavy atom. The van der Waals surface area contributed by atoms with Crippen LogP contribution in [0.25, 0.3) is 0 Å². The van der Waals surface area contributed by atoms with Crippen molar-refractivity contribution in [2.45, 2.75) is 26.6 Å². The summed E-state index contributed by atoms with van der Waals surface area (Å²) in [6.07, 6.45) is -0.735. The van der Waals surface area contributed by atoms with Crippen molar-refractivity contribution in [2.24, 2.45) is 0 Å². The first kappa shape index (κ1) is 18.5. The van der Waals surface area contributed by atoms with Crippen LogP contribution in [0.15, 0.2) is 42.5 Å². The number of anilines is 1. The largest absolute Gasteiger partial charge is 0.481 e. The molecule has 2 aromatic rings. The van der Waals surface area contributed by atoms with Crippen LogP contribution in [0.4, 0.5) is 5.69 Å². The summed E-state index contributed by atoms with van der Waals surface area (Å²) in [6, 6.07) is 12.0. The molecule has 2 rings (SSSR count). The molecule has 6 nitrogen and oxygen atoms in total. The molecular weight excluding hydrogens is 322 g/mol. The Bertz CT molecular complexity index is 772. The average Bonchev–Trinajstić information content (AvgIpc) is 2.54. The fraction of sp³-hybridized carbons (Fsp3) is 0.263. The van der Waals surface area contributed by atoms with Gasteiger partial charge in [-0.2, -0.15) is 0 Å². The predicted molar refractivity (Wildman–Crippen MR) is 94.0 cm³/mol. The van der Waals surface area contributed by atoms with Gasteiger partial charge in [0.05, 0.1) is 12.2 Å². The maximum Gasteiger partial charge on any atom is 0.335 e. The molecule has 0 aliphatic rings. The van der Waals surface area contributed by atoms with Crippen molar-refractivity contribution < 1.29 is 24.2 Å². The van der Waals surface area contributed by atoms with Crippen LogP contribution in [-0.4, -0.2) is 30.2 Å². The molecule has 2 aromatic carbocycles. The molecule has 1 amide bonds. The maximum atomic E-state index is 12.3. The van der Waals surface area contributed by atoms with Crippen LogP contribution in [0.2, 0.25) is 0 Å². The van der Waals surface area contributed by atoms with Gasteiger partial charge >= 0.3 is 5.97 Å². The minimum absolute atomic E-state index is 0.0807. The summed E-state index contributed by atoms with van der Waals surface area (Å²) < 4.78 is 10.7. The average molecular weight is 343 g/mol. The lowest BCUT2D eigenvalue weighted by atomic mass is 10.1. The topological polar surface area (TPSA) is 84.9 Å². The highest BCUT2D eigenvalue weighted by atomic mass is 16.5. The summed E-state index contributed by atoms with van der Waals surface area (Å²) in [6.45, 7) is 3.82. The van der Waals surface area contributed by atoms with Gasteiger partial charge < -0.3 is 19.9 Å². The number of carbonyl (C=O) groups excluding carboxylic acids is 1. The lowest BCUT2D eigenvalue weighted by Gasteiger charge is -2.16. The van der Waals surface area contributed by atoms with Crippen LogP contribution >= 0.6 is 0 Å². The standard InChI is InChI=1S/C19H21NO5/c1-12-5-4-6-17(7-12)25-13(2)18(21)20-16-9-14(11-24-3)8-15(10-16)19(22)23/h4-10,13H,11H2,1-3H3,(H,20,21)(H,22,23). The van der Waals surface area contributed by atoms with Gasteiger partial charge in [-0.1, -0.05) is 12.1 Å². The van der Waals surface area contributed by atoms with Gasteiger partial charge in [0.15, 0.2) is 6.10 Å². The van der Waals surface area contributed by atoms with Crippen molar-refractivity contribution in [3.8, 4) is 5.75 Å². The molecule has 0 saturated carbocycles. The zero-order chi connectivity index (χ0) is 18.4. The summed E-state index contributed by atoms with van der Waals surface area (Å²) in [4.78, 5) is 23.6. The number of methoxy groups -OCH3 is 1. The number of ether oxygens (including phenoxy) is 2. The highest BCUT2D eigenvalue weighted by molar-refractivity contribution is 5.96. The molecule has 0 spiro atoms. The molecule has 0 radical (unpaired) electrons. The van der Waals surface area contributed by atoms with Crippen molar-refractivity contribution in [1.29, 1.82) is 0 Å². The third kappa shape index (κ3) is 5.32. The number of benzene rings is 2. The molecule has 6 heteroatoms. The first-order valence-corrected chi connectivity index (χ1v) is 7.79. The summed E-state index contributed by atoms with van der Waals surface area (Å²) in [5, 5.41) is 11.9. The van der Waals surface area contributed by atoms with E-state index in [-0.39, 0.29) is 18.1 Å². The molecule has 0 aromatic heterocycles. The summed E-state index contributed by atoms with van der Waals surface area (Å²) in [5.74, 6) is -0.841. The lowest BCUT2D eigenvalue weighted by molar-refractivity contribution is -0.122. The van der Waals surface area contributed by atoms with Crippen LogP contribution in [0.5, 0.6) is 5.75 Å². The molecule has 132 valence electrons. The minimum Gasteiger partial charge on any atom is -0.481 e. The number of aromatic carboxylic acids is 1. The van der Waals surface area contributed by atoms with Crippen molar-refractivity contribution in [3.05, 3.63) is 59.2 Å². The SMILES string of the molecule is COCc1cc(NC(=O)C(C)Oc2cccc(C)c2)cc(C(=O)O)c1. The van der Waals surface area contributed by atoms with Crippen molar-refractivity contribution in [1.82, 2.24) is 0 Å². The van der Waals surface area contributed by atoms with E-state index in [1.165, 1.54) is 19.2 Å². The maximum absolute atomic E-state index is 12.3. The zero-order valence-electron chi connectivity index (χ0n) is 14.4. The van der Waals surface area contributed by atoms with Gasteiger partial charge in [0, 0.05) is 12.8 Å². The molecule has 0 aliphatic carbocycles. The van der Waals surface area contributed by atoms with Crippen LogP contribution in [0.3, 0.4) is 0 Å². The first-order valence-electron chi connectivity index (χ1n) is 7.79. The Hall–Kier alpha value is -2.86. The Morgan fingerprint density at radius 3 is 2.60 bits per heavy atom. The second-order valence-corrected chi connectivity index (χ2v) is 5.72. The molecule has 0 bridgehead atoms. The number of hydrogen-bond acceptors (Lipinski definition) is 4. The second-order valence-electron chi connectivity index (χ2n) is 5.72. The van der Waals surface area contributed by atoms with Gasteiger partial charge in [0.25, 0.3) is 5.91 Å². The first-order chi connectivity index (χ1) is 11.9. The Kier molecular flexibility index (Phi) is 6.14. The molecule has 25 heavy (non-hydrogen) atoms. The van der Waals surface area contributed by atoms with E-state index < -0.39 is 12.1 Å². The van der Waals surface area contributed by atoms with E-state index in [0.29, 0.717) is 17.0 Å². The van der Waals surface area contributed by atoms with Gasteiger partial charge in [-0.05, 0) is 55.3 Å². The Balaban J connectivity index is 2.11. The monoisotopic (exact) mass is 343 g/mol. The number of rotatable bonds is 7. The van der Waals surface area contributed by atoms with Gasteiger partial charge in [0.2, 0.25) is 0 Å². The van der Waals surface area contributed by atoms with E-state index in [1.807, 2.05) is 25.1 Å². The summed E-state index contributed by atoms with van der Waals surface area (Å²) >= 11 is 0. The number of nitrogens with one attached hydrogen (secondary N) is 1. The second kappa shape index (κ2) is 8.30. The predicted octanol–water partition coefficient (Wildman–Crippen LogP) is 3.25. The van der Waals surface area contributed by atoms with Crippen LogP contribution < -0.4 is 10.1 Å². The van der Waals surface area contributed by atoms with Crippen molar-refractivity contribution in [3.63, 3.8) is 0 Å². The summed E-state index contributed by atoms with van der Waals surface area (Å²) in [7, 11) is 1.52. The van der Waals surface area contributed by atoms with E-state index in [1.54, 1.807) is 19.1 Å². The zero-order valence-corrected chi connectivity index (χ0v) is 14.4. The Labute approximate surface area is 146 Å². The molecule has 1 unspecified atom stereocenters. The lowest BCUT2D eigenvalue weighted by Crippen LogP contribution is -2.30. The highest BCUT2D eigenvalue weighted by Gasteiger charge is 2.16. The van der Waals surface area contributed by atoms with E-state index in [2.05, 4.69) is 5.32 Å². The van der Waals surface area contributed by atoms with Crippen molar-refractivity contribution >= 4 is 17.6 Å². The Morgan fingerprint density at radius 1 is 1.20 bits per heavy atom. The van der Waals surface area contributed by atoms with Gasteiger partial charge in [-0.15, -0.1) is 0 Å². The van der Waals surface area contributed by atoms with Gasteiger partial charge in [-0.3, -0.25) is 4.79 Å². The molecule has 0 heterocycles. The highest BCUT2D eigenvalue weighted by Crippen LogP contribution is 2.18. The van der Waals surface area contributed by atoms with E-state index >= 15 is 0 Å². The number of amides is 1. The minimum atomic E-state index is -1.07. The normalized spacial score (nSPS) is 11.6. The number of carboxylic acids is 1. The molecule has 2 N–H and O–H groups in total. The molecule has 1 atom stereocenters. The molecular formula is C19H21NO5. The van der Waals surface area contributed by atoms with Gasteiger partial charge in [-0.25, -0.2) is 4.79 Å². The van der Waals surface area contributed by atoms with Crippen LogP contribution in [0.1, 0.15) is 28.4 Å². The fourth-order valence-corrected chi connectivity index (χ4v) is 2.33. The third-order valence-corrected chi connectivity index (χ3v) is 3.49. The van der Waals surface area contributed by atoms with Crippen molar-refractivity contribution in [2.75, 3.05) is 12.4 Å². The van der Waals surface area contributed by atoms with E-state index in [9.17, 15) is 14.7 Å².